The Balaban J connectivity index is 0.000000437. The van der Waals surface area contributed by atoms with Crippen molar-refractivity contribution in [2.45, 2.75) is 51.1 Å². The highest BCUT2D eigenvalue weighted by atomic mass is 16.6. The molecule has 2 atom stereocenters. The number of carbonyl (C=O) groups excluding carboxylic acids is 1. The number of hydrogen-bond donors (Lipinski definition) is 2. The van der Waals surface area contributed by atoms with Gasteiger partial charge >= 0.3 is 5.97 Å². The van der Waals surface area contributed by atoms with Crippen molar-refractivity contribution in [2.75, 3.05) is 7.11 Å². The van der Waals surface area contributed by atoms with Crippen LogP contribution in [-0.2, 0) is 14.3 Å². The minimum atomic E-state index is -1.50. The fraction of sp³-hybridized carbons (Fsp3) is 0.750. The SMILES string of the molecule is C=CC[C@@H]1OC(=O)CCC1OC.CC(C)(O)O. The molecule has 0 bridgehead atoms. The first kappa shape index (κ1) is 16.1. The van der Waals surface area contributed by atoms with Crippen molar-refractivity contribution in [3.05, 3.63) is 12.7 Å². The van der Waals surface area contributed by atoms with Crippen LogP contribution in [0.15, 0.2) is 12.7 Å². The molecule has 100 valence electrons. The Morgan fingerprint density at radius 2 is 2.12 bits per heavy atom. The summed E-state index contributed by atoms with van der Waals surface area (Å²) in [5, 5.41) is 16.2. The average Bonchev–Trinajstić information content (AvgIpc) is 2.16. The molecule has 1 aliphatic rings. The Morgan fingerprint density at radius 3 is 2.53 bits per heavy atom. The molecule has 1 fully saturated rings. The lowest BCUT2D eigenvalue weighted by atomic mass is 10.0. The molecule has 5 heteroatoms. The van der Waals surface area contributed by atoms with Crippen molar-refractivity contribution >= 4 is 5.97 Å². The third-order valence-electron chi connectivity index (χ3n) is 2.03. The Morgan fingerprint density at radius 1 is 1.59 bits per heavy atom. The second-order valence-corrected chi connectivity index (χ2v) is 4.36. The summed E-state index contributed by atoms with van der Waals surface area (Å²) in [6.07, 6.45) is 3.55. The molecule has 0 aromatic carbocycles. The van der Waals surface area contributed by atoms with Crippen molar-refractivity contribution < 1.29 is 24.5 Å². The maximum absolute atomic E-state index is 10.9. The molecule has 0 aromatic rings. The highest BCUT2D eigenvalue weighted by Gasteiger charge is 2.29. The van der Waals surface area contributed by atoms with Gasteiger partial charge in [0.1, 0.15) is 6.10 Å². The van der Waals surface area contributed by atoms with Crippen molar-refractivity contribution in [2.24, 2.45) is 0 Å². The molecule has 0 saturated carbocycles. The summed E-state index contributed by atoms with van der Waals surface area (Å²) in [6.45, 7) is 6.20. The quantitative estimate of drug-likeness (QED) is 0.441. The molecule has 1 saturated heterocycles. The maximum atomic E-state index is 10.9. The topological polar surface area (TPSA) is 76.0 Å². The van der Waals surface area contributed by atoms with Gasteiger partial charge in [-0.05, 0) is 20.3 Å². The minimum absolute atomic E-state index is 0.0423. The van der Waals surface area contributed by atoms with Crippen LogP contribution in [0.5, 0.6) is 0 Å². The third kappa shape index (κ3) is 8.85. The summed E-state index contributed by atoms with van der Waals surface area (Å²) < 4.78 is 10.3. The fourth-order valence-corrected chi connectivity index (χ4v) is 1.38. The van der Waals surface area contributed by atoms with Crippen LogP contribution in [0.4, 0.5) is 0 Å². The minimum Gasteiger partial charge on any atom is -0.459 e. The zero-order valence-corrected chi connectivity index (χ0v) is 10.7. The van der Waals surface area contributed by atoms with Crippen LogP contribution in [0, 0.1) is 0 Å². The molecule has 1 rings (SSSR count). The number of aliphatic hydroxyl groups is 2. The molecule has 0 amide bonds. The average molecular weight is 246 g/mol. The number of esters is 1. The largest absolute Gasteiger partial charge is 0.459 e. The molecular weight excluding hydrogens is 224 g/mol. The van der Waals surface area contributed by atoms with Crippen molar-refractivity contribution in [3.8, 4) is 0 Å². The van der Waals surface area contributed by atoms with Crippen molar-refractivity contribution in [1.82, 2.24) is 0 Å². The van der Waals surface area contributed by atoms with E-state index in [0.717, 1.165) is 6.42 Å². The van der Waals surface area contributed by atoms with E-state index in [-0.39, 0.29) is 18.2 Å². The van der Waals surface area contributed by atoms with Crippen molar-refractivity contribution in [3.63, 3.8) is 0 Å². The number of hydrogen-bond acceptors (Lipinski definition) is 5. The molecule has 5 nitrogen and oxygen atoms in total. The van der Waals surface area contributed by atoms with Gasteiger partial charge in [-0.25, -0.2) is 0 Å². The second-order valence-electron chi connectivity index (χ2n) is 4.36. The van der Waals surface area contributed by atoms with Gasteiger partial charge in [0, 0.05) is 20.0 Å². The van der Waals surface area contributed by atoms with Gasteiger partial charge in [-0.2, -0.15) is 0 Å². The molecular formula is C12H22O5. The lowest BCUT2D eigenvalue weighted by molar-refractivity contribution is -0.165. The Labute approximate surface area is 102 Å². The van der Waals surface area contributed by atoms with E-state index in [1.165, 1.54) is 13.8 Å². The third-order valence-corrected chi connectivity index (χ3v) is 2.03. The molecule has 1 heterocycles. The summed E-state index contributed by atoms with van der Waals surface area (Å²) in [4.78, 5) is 10.9. The predicted molar refractivity (Wildman–Crippen MR) is 63.2 cm³/mol. The van der Waals surface area contributed by atoms with E-state index in [2.05, 4.69) is 6.58 Å². The monoisotopic (exact) mass is 246 g/mol. The smallest absolute Gasteiger partial charge is 0.306 e. The van der Waals surface area contributed by atoms with E-state index in [1.807, 2.05) is 0 Å². The molecule has 0 aromatic heterocycles. The van der Waals surface area contributed by atoms with Crippen LogP contribution in [-0.4, -0.2) is 41.3 Å². The maximum Gasteiger partial charge on any atom is 0.306 e. The van der Waals surface area contributed by atoms with E-state index in [4.69, 9.17) is 19.7 Å². The number of ether oxygens (including phenoxy) is 2. The van der Waals surface area contributed by atoms with E-state index in [1.54, 1.807) is 13.2 Å². The highest BCUT2D eigenvalue weighted by molar-refractivity contribution is 5.70. The summed E-state index contributed by atoms with van der Waals surface area (Å²) >= 11 is 0. The van der Waals surface area contributed by atoms with E-state index in [9.17, 15) is 4.79 Å². The van der Waals surface area contributed by atoms with Gasteiger partial charge in [0.2, 0.25) is 0 Å². The molecule has 17 heavy (non-hydrogen) atoms. The molecule has 1 unspecified atom stereocenters. The van der Waals surface area contributed by atoms with Crippen LogP contribution in [0.1, 0.15) is 33.1 Å². The first-order valence-corrected chi connectivity index (χ1v) is 5.55. The number of methoxy groups -OCH3 is 1. The fourth-order valence-electron chi connectivity index (χ4n) is 1.38. The summed E-state index contributed by atoms with van der Waals surface area (Å²) in [6, 6.07) is 0. The zero-order valence-electron chi connectivity index (χ0n) is 10.7. The van der Waals surface area contributed by atoms with Gasteiger partial charge < -0.3 is 19.7 Å². The Hall–Kier alpha value is -0.910. The van der Waals surface area contributed by atoms with E-state index >= 15 is 0 Å². The predicted octanol–water partition coefficient (Wildman–Crippen LogP) is 0.990. The lowest BCUT2D eigenvalue weighted by Gasteiger charge is -2.29. The Bertz CT molecular complexity index is 238. The highest BCUT2D eigenvalue weighted by Crippen LogP contribution is 2.20. The van der Waals surface area contributed by atoms with Crippen LogP contribution in [0.25, 0.3) is 0 Å². The van der Waals surface area contributed by atoms with Gasteiger partial charge in [-0.1, -0.05) is 6.08 Å². The van der Waals surface area contributed by atoms with Gasteiger partial charge in [0.15, 0.2) is 5.79 Å². The van der Waals surface area contributed by atoms with Crippen LogP contribution < -0.4 is 0 Å². The number of carbonyl (C=O) groups is 1. The second kappa shape index (κ2) is 7.42. The standard InChI is InChI=1S/C9H14O3.C3H8O2/c1-3-4-8-7(11-2)5-6-9(10)12-8;1-3(2,4)5/h3,7-8H,1,4-6H2,2H3;4-5H,1-2H3/t7?,8-;/m0./s1. The Kier molecular flexibility index (Phi) is 7.03. The summed E-state index contributed by atoms with van der Waals surface area (Å²) in [5.74, 6) is -1.63. The molecule has 0 spiro atoms. The first-order valence-electron chi connectivity index (χ1n) is 5.55. The molecule has 0 radical (unpaired) electrons. The lowest BCUT2D eigenvalue weighted by Crippen LogP contribution is -2.37. The van der Waals surface area contributed by atoms with E-state index < -0.39 is 5.79 Å². The molecule has 2 N–H and O–H groups in total. The van der Waals surface area contributed by atoms with Gasteiger partial charge in [0.25, 0.3) is 0 Å². The van der Waals surface area contributed by atoms with E-state index in [0.29, 0.717) is 12.8 Å². The normalized spacial score (nSPS) is 24.4. The van der Waals surface area contributed by atoms with Crippen LogP contribution in [0.3, 0.4) is 0 Å². The molecule has 0 aliphatic carbocycles. The van der Waals surface area contributed by atoms with Crippen molar-refractivity contribution in [1.29, 1.82) is 0 Å². The van der Waals surface area contributed by atoms with Crippen LogP contribution >= 0.6 is 0 Å². The zero-order chi connectivity index (χ0) is 13.5. The van der Waals surface area contributed by atoms with Crippen LogP contribution in [0.2, 0.25) is 0 Å². The number of cyclic esters (lactones) is 1. The summed E-state index contributed by atoms with van der Waals surface area (Å²) in [5.41, 5.74) is 0. The first-order chi connectivity index (χ1) is 7.77. The molecule has 1 aliphatic heterocycles. The number of rotatable bonds is 3. The van der Waals surface area contributed by atoms with Gasteiger partial charge in [-0.3, -0.25) is 4.79 Å². The summed E-state index contributed by atoms with van der Waals surface area (Å²) in [7, 11) is 1.64. The van der Waals surface area contributed by atoms with Gasteiger partial charge in [0.05, 0.1) is 6.10 Å². The van der Waals surface area contributed by atoms with Gasteiger partial charge in [-0.15, -0.1) is 6.58 Å².